The Morgan fingerprint density at radius 2 is 2.10 bits per heavy atom. The van der Waals surface area contributed by atoms with Crippen molar-refractivity contribution in [3.05, 3.63) is 50.8 Å². The summed E-state index contributed by atoms with van der Waals surface area (Å²) in [4.78, 5) is 12.2. The highest BCUT2D eigenvalue weighted by Crippen LogP contribution is 2.33. The fourth-order valence-corrected chi connectivity index (χ4v) is 4.98. The lowest BCUT2D eigenvalue weighted by Gasteiger charge is -2.08. The molecule has 4 rings (SSSR count). The van der Waals surface area contributed by atoms with Crippen LogP contribution in [0.5, 0.6) is 11.5 Å². The van der Waals surface area contributed by atoms with Gasteiger partial charge >= 0.3 is 5.97 Å². The van der Waals surface area contributed by atoms with Gasteiger partial charge in [0.15, 0.2) is 11.5 Å². The molecule has 0 spiro atoms. The number of fused-ring (bicyclic) bond motifs is 1. The summed E-state index contributed by atoms with van der Waals surface area (Å²) in [6.45, 7) is 1.64. The molecule has 0 unspecified atom stereocenters. The number of hydrogen-bond acceptors (Lipinski definition) is 9. The Hall–Kier alpha value is -2.76. The Morgan fingerprint density at radius 3 is 2.86 bits per heavy atom. The molecular weight excluding hydrogens is 444 g/mol. The van der Waals surface area contributed by atoms with Gasteiger partial charge in [0, 0.05) is 0 Å². The first-order valence-corrected chi connectivity index (χ1v) is 10.9. The number of halogens is 1. The van der Waals surface area contributed by atoms with E-state index >= 15 is 0 Å². The SMILES string of the molecule is Cc1noc(NS(=O)(=O)c2ccsc2C(=O)OCc2ccc3c(c2)OCO3)c1Cl. The summed E-state index contributed by atoms with van der Waals surface area (Å²) in [5, 5.41) is 5.09. The van der Waals surface area contributed by atoms with Gasteiger partial charge in [-0.2, -0.15) is 0 Å². The van der Waals surface area contributed by atoms with E-state index in [2.05, 4.69) is 9.88 Å². The summed E-state index contributed by atoms with van der Waals surface area (Å²) in [5.41, 5.74) is 1.00. The minimum atomic E-state index is -4.14. The standard InChI is InChI=1S/C17H13ClN2O7S2/c1-9-14(18)16(27-19-9)20-29(22,23)13-4-5-28-15(13)17(21)24-7-10-2-3-11-12(6-10)26-8-25-11/h2-6,20H,7-8H2,1H3. The number of anilines is 1. The Kier molecular flexibility index (Phi) is 5.11. The maximum Gasteiger partial charge on any atom is 0.350 e. The van der Waals surface area contributed by atoms with Crippen LogP contribution in [0.4, 0.5) is 5.88 Å². The Morgan fingerprint density at radius 1 is 1.31 bits per heavy atom. The molecule has 0 amide bonds. The van der Waals surface area contributed by atoms with Gasteiger partial charge in [-0.3, -0.25) is 0 Å². The number of aromatic nitrogens is 1. The summed E-state index contributed by atoms with van der Waals surface area (Å²) in [5.74, 6) is 0.161. The van der Waals surface area contributed by atoms with Crippen molar-refractivity contribution in [1.82, 2.24) is 5.16 Å². The van der Waals surface area contributed by atoms with E-state index in [-0.39, 0.29) is 34.1 Å². The highest BCUT2D eigenvalue weighted by molar-refractivity contribution is 7.93. The zero-order valence-corrected chi connectivity index (χ0v) is 17.2. The largest absolute Gasteiger partial charge is 0.457 e. The molecule has 0 fully saturated rings. The molecule has 9 nitrogen and oxygen atoms in total. The molecule has 3 aromatic rings. The van der Waals surface area contributed by atoms with E-state index in [1.54, 1.807) is 25.1 Å². The molecule has 0 saturated carbocycles. The second-order valence-corrected chi connectivity index (χ2v) is 8.84. The number of esters is 1. The number of rotatable bonds is 6. The smallest absolute Gasteiger partial charge is 0.350 e. The topological polar surface area (TPSA) is 117 Å². The third kappa shape index (κ3) is 3.88. The van der Waals surface area contributed by atoms with Crippen molar-refractivity contribution in [1.29, 1.82) is 0 Å². The number of sulfonamides is 1. The van der Waals surface area contributed by atoms with Crippen LogP contribution in [0.25, 0.3) is 0 Å². The van der Waals surface area contributed by atoms with Gasteiger partial charge in [-0.25, -0.2) is 17.9 Å². The number of aryl methyl sites for hydroxylation is 1. The van der Waals surface area contributed by atoms with Crippen LogP contribution in [-0.4, -0.2) is 26.3 Å². The number of ether oxygens (including phenoxy) is 3. The van der Waals surface area contributed by atoms with E-state index in [0.29, 0.717) is 22.8 Å². The molecule has 12 heteroatoms. The van der Waals surface area contributed by atoms with Gasteiger partial charge in [0.1, 0.15) is 27.1 Å². The Labute approximate surface area is 174 Å². The van der Waals surface area contributed by atoms with Crippen LogP contribution < -0.4 is 14.2 Å². The molecule has 29 heavy (non-hydrogen) atoms. The molecule has 0 radical (unpaired) electrons. The molecule has 0 atom stereocenters. The number of hydrogen-bond donors (Lipinski definition) is 1. The van der Waals surface area contributed by atoms with Gasteiger partial charge in [-0.15, -0.1) is 11.3 Å². The van der Waals surface area contributed by atoms with Gasteiger partial charge < -0.3 is 18.7 Å². The van der Waals surface area contributed by atoms with Crippen LogP contribution in [0.15, 0.2) is 39.1 Å². The van der Waals surface area contributed by atoms with Crippen LogP contribution in [0.1, 0.15) is 20.9 Å². The minimum absolute atomic E-state index is 0.0377. The molecule has 1 N–H and O–H groups in total. The van der Waals surface area contributed by atoms with Gasteiger partial charge in [0.2, 0.25) is 6.79 Å². The molecule has 1 aromatic carbocycles. The number of carbonyl (C=O) groups is 1. The van der Waals surface area contributed by atoms with E-state index in [0.717, 1.165) is 11.3 Å². The lowest BCUT2D eigenvalue weighted by atomic mass is 10.2. The first-order valence-electron chi connectivity index (χ1n) is 8.13. The van der Waals surface area contributed by atoms with Gasteiger partial charge in [0.25, 0.3) is 15.9 Å². The van der Waals surface area contributed by atoms with Crippen molar-refractivity contribution < 1.29 is 31.9 Å². The van der Waals surface area contributed by atoms with Gasteiger partial charge in [-0.05, 0) is 36.1 Å². The summed E-state index contributed by atoms with van der Waals surface area (Å²) in [6.07, 6.45) is 0. The molecule has 1 aliphatic heterocycles. The molecule has 152 valence electrons. The zero-order valence-electron chi connectivity index (χ0n) is 14.8. The average Bonchev–Trinajstić information content (AvgIpc) is 3.42. The van der Waals surface area contributed by atoms with E-state index in [1.165, 1.54) is 11.4 Å². The van der Waals surface area contributed by atoms with Crippen LogP contribution in [-0.2, 0) is 21.4 Å². The summed E-state index contributed by atoms with van der Waals surface area (Å²) < 4.78 is 48.1. The van der Waals surface area contributed by atoms with E-state index in [4.69, 9.17) is 30.3 Å². The predicted octanol–water partition coefficient (Wildman–Crippen LogP) is 3.58. The van der Waals surface area contributed by atoms with Crippen molar-refractivity contribution in [2.75, 3.05) is 11.5 Å². The maximum atomic E-state index is 12.7. The summed E-state index contributed by atoms with van der Waals surface area (Å²) in [7, 11) is -4.14. The van der Waals surface area contributed by atoms with Crippen LogP contribution in [0.2, 0.25) is 5.02 Å². The van der Waals surface area contributed by atoms with Crippen LogP contribution in [0.3, 0.4) is 0 Å². The quantitative estimate of drug-likeness (QED) is 0.559. The molecule has 0 saturated heterocycles. The number of carbonyl (C=O) groups excluding carboxylic acids is 1. The van der Waals surface area contributed by atoms with Gasteiger partial charge in [0.05, 0.1) is 0 Å². The second-order valence-electron chi connectivity index (χ2n) is 5.89. The third-order valence-electron chi connectivity index (χ3n) is 3.93. The monoisotopic (exact) mass is 456 g/mol. The highest BCUT2D eigenvalue weighted by atomic mass is 35.5. The third-order valence-corrected chi connectivity index (χ3v) is 6.77. The first kappa shape index (κ1) is 19.6. The average molecular weight is 457 g/mol. The van der Waals surface area contributed by atoms with Crippen molar-refractivity contribution in [2.24, 2.45) is 0 Å². The summed E-state index contributed by atoms with van der Waals surface area (Å²) in [6, 6.07) is 6.42. The molecule has 3 heterocycles. The predicted molar refractivity (Wildman–Crippen MR) is 103 cm³/mol. The van der Waals surface area contributed by atoms with Crippen molar-refractivity contribution >= 4 is 44.8 Å². The Balaban J connectivity index is 1.49. The zero-order chi connectivity index (χ0) is 20.6. The van der Waals surface area contributed by atoms with Crippen LogP contribution in [0, 0.1) is 6.92 Å². The normalized spacial score (nSPS) is 12.8. The number of nitrogens with one attached hydrogen (secondary N) is 1. The second kappa shape index (κ2) is 7.58. The van der Waals surface area contributed by atoms with E-state index in [1.807, 2.05) is 0 Å². The fourth-order valence-electron chi connectivity index (χ4n) is 2.50. The fraction of sp³-hybridized carbons (Fsp3) is 0.176. The van der Waals surface area contributed by atoms with E-state index in [9.17, 15) is 13.2 Å². The number of thiophene rings is 1. The summed E-state index contributed by atoms with van der Waals surface area (Å²) >= 11 is 6.89. The number of nitrogens with zero attached hydrogens (tertiary/aromatic N) is 1. The number of benzene rings is 1. The molecular formula is C17H13ClN2O7S2. The highest BCUT2D eigenvalue weighted by Gasteiger charge is 2.27. The first-order chi connectivity index (χ1) is 13.8. The lowest BCUT2D eigenvalue weighted by molar-refractivity contribution is 0.0474. The molecule has 1 aliphatic rings. The van der Waals surface area contributed by atoms with Gasteiger partial charge in [-0.1, -0.05) is 22.8 Å². The Bertz CT molecular complexity index is 1190. The van der Waals surface area contributed by atoms with Crippen molar-refractivity contribution in [3.8, 4) is 11.5 Å². The van der Waals surface area contributed by atoms with Crippen molar-refractivity contribution in [3.63, 3.8) is 0 Å². The minimum Gasteiger partial charge on any atom is -0.457 e. The molecule has 2 aromatic heterocycles. The van der Waals surface area contributed by atoms with Crippen molar-refractivity contribution in [2.45, 2.75) is 18.4 Å². The molecule has 0 bridgehead atoms. The maximum absolute atomic E-state index is 12.7. The molecule has 0 aliphatic carbocycles. The lowest BCUT2D eigenvalue weighted by Crippen LogP contribution is -2.16. The van der Waals surface area contributed by atoms with E-state index < -0.39 is 16.0 Å². The van der Waals surface area contributed by atoms with Crippen LogP contribution >= 0.6 is 22.9 Å².